The minimum Gasteiger partial charge on any atom is -0.478 e. The van der Waals surface area contributed by atoms with Crippen molar-refractivity contribution in [3.8, 4) is 11.1 Å². The van der Waals surface area contributed by atoms with Crippen LogP contribution in [-0.4, -0.2) is 46.0 Å². The first-order valence-electron chi connectivity index (χ1n) is 10.7. The van der Waals surface area contributed by atoms with Crippen LogP contribution in [-0.2, 0) is 20.9 Å². The van der Waals surface area contributed by atoms with Crippen molar-refractivity contribution in [1.82, 2.24) is 15.1 Å². The predicted molar refractivity (Wildman–Crippen MR) is 125 cm³/mol. The van der Waals surface area contributed by atoms with E-state index in [0.717, 1.165) is 22.3 Å². The van der Waals surface area contributed by atoms with E-state index in [1.165, 1.54) is 30.1 Å². The van der Waals surface area contributed by atoms with Crippen molar-refractivity contribution in [2.24, 2.45) is 0 Å². The van der Waals surface area contributed by atoms with Crippen LogP contribution in [0.5, 0.6) is 0 Å². The second-order valence-corrected chi connectivity index (χ2v) is 7.87. The molecule has 2 amide bonds. The molecule has 4 rings (SSSR count). The number of carboxylic acids is 1. The van der Waals surface area contributed by atoms with Gasteiger partial charge in [0.1, 0.15) is 13.2 Å². The lowest BCUT2D eigenvalue weighted by Gasteiger charge is -2.14. The van der Waals surface area contributed by atoms with Crippen LogP contribution < -0.4 is 10.6 Å². The Balaban J connectivity index is 1.29. The number of nitrogens with zero attached hydrogens (tertiary/aromatic N) is 2. The molecule has 0 fully saturated rings. The molecule has 1 heterocycles. The summed E-state index contributed by atoms with van der Waals surface area (Å²) in [4.78, 5) is 35.1. The first kappa shape index (κ1) is 22.8. The molecule has 174 valence electrons. The van der Waals surface area contributed by atoms with Crippen molar-refractivity contribution in [3.63, 3.8) is 0 Å². The van der Waals surface area contributed by atoms with Crippen molar-refractivity contribution in [1.29, 1.82) is 0 Å². The number of fused-ring (bicyclic) bond motifs is 3. The maximum absolute atomic E-state index is 12.4. The largest absolute Gasteiger partial charge is 0.478 e. The van der Waals surface area contributed by atoms with Gasteiger partial charge in [0.25, 0.3) is 0 Å². The van der Waals surface area contributed by atoms with E-state index in [2.05, 4.69) is 40.0 Å². The number of aromatic nitrogens is 2. The van der Waals surface area contributed by atoms with Crippen molar-refractivity contribution in [2.45, 2.75) is 19.4 Å². The van der Waals surface area contributed by atoms with Gasteiger partial charge >= 0.3 is 12.1 Å². The number of rotatable bonds is 8. The van der Waals surface area contributed by atoms with Crippen LogP contribution in [0.25, 0.3) is 11.1 Å². The smallest absolute Gasteiger partial charge is 0.411 e. The van der Waals surface area contributed by atoms with Gasteiger partial charge in [0, 0.05) is 24.2 Å². The summed E-state index contributed by atoms with van der Waals surface area (Å²) >= 11 is 0. The molecule has 0 atom stereocenters. The summed E-state index contributed by atoms with van der Waals surface area (Å²) in [6, 6.07) is 16.2. The molecule has 0 saturated carbocycles. The van der Waals surface area contributed by atoms with Gasteiger partial charge in [-0.25, -0.2) is 9.59 Å². The van der Waals surface area contributed by atoms with Crippen LogP contribution in [0.3, 0.4) is 0 Å². The van der Waals surface area contributed by atoms with Gasteiger partial charge in [-0.05, 0) is 29.2 Å². The molecule has 0 bridgehead atoms. The maximum atomic E-state index is 12.4. The number of hydrogen-bond donors (Lipinski definition) is 3. The Hall–Kier alpha value is -4.40. The quantitative estimate of drug-likeness (QED) is 0.443. The summed E-state index contributed by atoms with van der Waals surface area (Å²) in [5.74, 6) is -1.42. The number of aliphatic carboxylic acids is 1. The Bertz CT molecular complexity index is 1220. The monoisotopic (exact) mass is 460 g/mol. The summed E-state index contributed by atoms with van der Waals surface area (Å²) in [7, 11) is 0. The minimum absolute atomic E-state index is 0.0385. The van der Waals surface area contributed by atoms with E-state index >= 15 is 0 Å². The fraction of sp³-hybridized carbons (Fsp3) is 0.200. The fourth-order valence-electron chi connectivity index (χ4n) is 3.88. The first-order chi connectivity index (χ1) is 16.4. The standard InChI is InChI=1S/C25H24N4O5/c1-16(24(31)32)10-11-26-23(30)14-29-13-17(12-27-29)28-25(33)34-15-22-20-8-4-2-6-18(20)19-7-3-5-9-21(19)22/h2-10,12-13,22H,11,14-15H2,1H3,(H,26,30)(H,28,33)(H,31,32)/b16-10+. The molecule has 9 heteroatoms. The lowest BCUT2D eigenvalue weighted by molar-refractivity contribution is -0.132. The Labute approximate surface area is 196 Å². The lowest BCUT2D eigenvalue weighted by Crippen LogP contribution is -2.28. The SMILES string of the molecule is C/C(=C\CNC(=O)Cn1cc(NC(=O)OCC2c3ccccc3-c3ccccc32)cn1)C(=O)O. The lowest BCUT2D eigenvalue weighted by atomic mass is 9.98. The number of anilines is 1. The molecule has 0 aliphatic heterocycles. The number of hydrogen-bond acceptors (Lipinski definition) is 5. The van der Waals surface area contributed by atoms with E-state index in [1.54, 1.807) is 0 Å². The average molecular weight is 460 g/mol. The summed E-state index contributed by atoms with van der Waals surface area (Å²) < 4.78 is 6.87. The summed E-state index contributed by atoms with van der Waals surface area (Å²) in [5, 5.41) is 18.1. The van der Waals surface area contributed by atoms with E-state index in [0.29, 0.717) is 5.69 Å². The van der Waals surface area contributed by atoms with Gasteiger partial charge in [-0.3, -0.25) is 14.8 Å². The topological polar surface area (TPSA) is 123 Å². The van der Waals surface area contributed by atoms with E-state index in [4.69, 9.17) is 9.84 Å². The molecular weight excluding hydrogens is 436 g/mol. The number of carbonyl (C=O) groups is 3. The Morgan fingerprint density at radius 3 is 2.38 bits per heavy atom. The third kappa shape index (κ3) is 5.15. The first-order valence-corrected chi connectivity index (χ1v) is 10.7. The molecule has 0 spiro atoms. The van der Waals surface area contributed by atoms with Crippen LogP contribution in [0.4, 0.5) is 10.5 Å². The molecule has 0 radical (unpaired) electrons. The zero-order chi connectivity index (χ0) is 24.1. The van der Waals surface area contributed by atoms with Crippen molar-refractivity contribution < 1.29 is 24.2 Å². The number of benzene rings is 2. The van der Waals surface area contributed by atoms with Crippen LogP contribution in [0.1, 0.15) is 24.0 Å². The molecule has 0 saturated heterocycles. The molecule has 3 N–H and O–H groups in total. The Morgan fingerprint density at radius 2 is 1.74 bits per heavy atom. The van der Waals surface area contributed by atoms with Gasteiger partial charge < -0.3 is 15.2 Å². The predicted octanol–water partition coefficient (Wildman–Crippen LogP) is 3.39. The fourth-order valence-corrected chi connectivity index (χ4v) is 3.88. The minimum atomic E-state index is -1.04. The molecular formula is C25H24N4O5. The van der Waals surface area contributed by atoms with E-state index in [1.807, 2.05) is 24.3 Å². The zero-order valence-corrected chi connectivity index (χ0v) is 18.5. The van der Waals surface area contributed by atoms with Gasteiger partial charge in [-0.15, -0.1) is 0 Å². The Morgan fingerprint density at radius 1 is 1.09 bits per heavy atom. The van der Waals surface area contributed by atoms with Gasteiger partial charge in [0.2, 0.25) is 5.91 Å². The summed E-state index contributed by atoms with van der Waals surface area (Å²) in [5.41, 5.74) is 5.11. The molecule has 1 aromatic heterocycles. The highest BCUT2D eigenvalue weighted by Crippen LogP contribution is 2.44. The molecule has 0 unspecified atom stereocenters. The molecule has 3 aromatic rings. The average Bonchev–Trinajstić information content (AvgIpc) is 3.39. The van der Waals surface area contributed by atoms with E-state index in [9.17, 15) is 14.4 Å². The normalized spacial score (nSPS) is 12.6. The summed E-state index contributed by atoms with van der Waals surface area (Å²) in [6.45, 7) is 1.67. The third-order valence-corrected chi connectivity index (χ3v) is 5.57. The molecule has 9 nitrogen and oxygen atoms in total. The molecule has 2 aromatic carbocycles. The van der Waals surface area contributed by atoms with Gasteiger partial charge in [0.05, 0.1) is 11.9 Å². The second-order valence-electron chi connectivity index (χ2n) is 7.87. The maximum Gasteiger partial charge on any atom is 0.411 e. The van der Waals surface area contributed by atoms with E-state index in [-0.39, 0.29) is 37.1 Å². The highest BCUT2D eigenvalue weighted by Gasteiger charge is 2.29. The van der Waals surface area contributed by atoms with Crippen molar-refractivity contribution >= 4 is 23.7 Å². The van der Waals surface area contributed by atoms with Crippen molar-refractivity contribution in [3.05, 3.63) is 83.7 Å². The molecule has 1 aliphatic rings. The van der Waals surface area contributed by atoms with Crippen molar-refractivity contribution in [2.75, 3.05) is 18.5 Å². The van der Waals surface area contributed by atoms with E-state index < -0.39 is 12.1 Å². The molecule has 1 aliphatic carbocycles. The van der Waals surface area contributed by atoms with Crippen LogP contribution in [0, 0.1) is 0 Å². The van der Waals surface area contributed by atoms with Crippen LogP contribution >= 0.6 is 0 Å². The van der Waals surface area contributed by atoms with Gasteiger partial charge in [0.15, 0.2) is 0 Å². The Kier molecular flexibility index (Phi) is 6.72. The molecule has 34 heavy (non-hydrogen) atoms. The summed E-state index contributed by atoms with van der Waals surface area (Å²) in [6.07, 6.45) is 3.73. The third-order valence-electron chi connectivity index (χ3n) is 5.57. The highest BCUT2D eigenvalue weighted by atomic mass is 16.5. The number of nitrogens with one attached hydrogen (secondary N) is 2. The number of carboxylic acid groups (broad SMARTS) is 1. The number of amides is 2. The van der Waals surface area contributed by atoms with Crippen LogP contribution in [0.15, 0.2) is 72.6 Å². The van der Waals surface area contributed by atoms with Gasteiger partial charge in [-0.2, -0.15) is 5.10 Å². The second kappa shape index (κ2) is 10.0. The van der Waals surface area contributed by atoms with Crippen LogP contribution in [0.2, 0.25) is 0 Å². The zero-order valence-electron chi connectivity index (χ0n) is 18.5. The number of ether oxygens (including phenoxy) is 1. The number of carbonyl (C=O) groups excluding carboxylic acids is 2. The van der Waals surface area contributed by atoms with Gasteiger partial charge in [-0.1, -0.05) is 54.6 Å². The highest BCUT2D eigenvalue weighted by molar-refractivity contribution is 5.86.